The van der Waals surface area contributed by atoms with E-state index in [0.717, 1.165) is 31.7 Å². The van der Waals surface area contributed by atoms with E-state index < -0.39 is 17.2 Å². The number of hydrogen-bond acceptors (Lipinski definition) is 2. The number of carbonyl (C=O) groups excluding carboxylic acids is 1. The lowest BCUT2D eigenvalue weighted by Crippen LogP contribution is -2.54. The lowest BCUT2D eigenvalue weighted by Gasteiger charge is -2.48. The first-order chi connectivity index (χ1) is 10.4. The predicted octanol–water partition coefficient (Wildman–Crippen LogP) is 2.35. The van der Waals surface area contributed by atoms with E-state index in [1.807, 2.05) is 19.0 Å². The van der Waals surface area contributed by atoms with Gasteiger partial charge in [0.15, 0.2) is 0 Å². The molecule has 1 aromatic rings. The van der Waals surface area contributed by atoms with Crippen molar-refractivity contribution in [3.05, 3.63) is 35.4 Å². The molecular formula is C16H21F2N3O. The van der Waals surface area contributed by atoms with Gasteiger partial charge in [-0.25, -0.2) is 13.6 Å². The number of halogens is 2. The molecule has 2 fully saturated rings. The average Bonchev–Trinajstić information content (AvgIpc) is 2.80. The Kier molecular flexibility index (Phi) is 3.59. The Labute approximate surface area is 128 Å². The van der Waals surface area contributed by atoms with E-state index in [2.05, 4.69) is 10.6 Å². The number of nitrogens with one attached hydrogen (secondary N) is 2. The smallest absolute Gasteiger partial charge is 0.315 e. The molecule has 0 unspecified atom stereocenters. The molecule has 0 aromatic heterocycles. The molecule has 6 heteroatoms. The zero-order valence-electron chi connectivity index (χ0n) is 12.9. The maximum atomic E-state index is 13.6. The van der Waals surface area contributed by atoms with Crippen LogP contribution in [0.3, 0.4) is 0 Å². The maximum absolute atomic E-state index is 13.6. The Hall–Kier alpha value is -1.69. The number of nitrogens with zero attached hydrogens (tertiary/aromatic N) is 1. The Balaban J connectivity index is 1.90. The van der Waals surface area contributed by atoms with E-state index in [-0.39, 0.29) is 11.6 Å². The highest BCUT2D eigenvalue weighted by Crippen LogP contribution is 2.45. The van der Waals surface area contributed by atoms with E-state index in [0.29, 0.717) is 12.1 Å². The van der Waals surface area contributed by atoms with Gasteiger partial charge in [-0.15, -0.1) is 0 Å². The average molecular weight is 309 g/mol. The Morgan fingerprint density at radius 3 is 2.09 bits per heavy atom. The van der Waals surface area contributed by atoms with E-state index >= 15 is 0 Å². The van der Waals surface area contributed by atoms with Crippen LogP contribution >= 0.6 is 0 Å². The molecule has 4 nitrogen and oxygen atoms in total. The van der Waals surface area contributed by atoms with Gasteiger partial charge in [0, 0.05) is 18.2 Å². The molecule has 0 bridgehead atoms. The summed E-state index contributed by atoms with van der Waals surface area (Å²) in [6.45, 7) is 0.618. The monoisotopic (exact) mass is 309 g/mol. The molecule has 1 aliphatic carbocycles. The lowest BCUT2D eigenvalue weighted by molar-refractivity contribution is 0.0647. The number of benzene rings is 1. The summed E-state index contributed by atoms with van der Waals surface area (Å²) in [4.78, 5) is 13.5. The van der Waals surface area contributed by atoms with Gasteiger partial charge in [0.2, 0.25) is 0 Å². The van der Waals surface area contributed by atoms with E-state index in [4.69, 9.17) is 0 Å². The topological polar surface area (TPSA) is 44.4 Å². The third-order valence-electron chi connectivity index (χ3n) is 5.26. The van der Waals surface area contributed by atoms with Crippen molar-refractivity contribution >= 4 is 6.03 Å². The summed E-state index contributed by atoms with van der Waals surface area (Å²) in [5, 5.41) is 5.81. The van der Waals surface area contributed by atoms with Crippen LogP contribution in [0.25, 0.3) is 0 Å². The Morgan fingerprint density at radius 2 is 1.64 bits per heavy atom. The highest BCUT2D eigenvalue weighted by Gasteiger charge is 2.48. The minimum absolute atomic E-state index is 0.130. The highest BCUT2D eigenvalue weighted by molar-refractivity contribution is 5.77. The van der Waals surface area contributed by atoms with Crippen LogP contribution in [-0.4, -0.2) is 37.1 Å². The highest BCUT2D eigenvalue weighted by atomic mass is 19.1. The quantitative estimate of drug-likeness (QED) is 0.881. The largest absolute Gasteiger partial charge is 0.336 e. The van der Waals surface area contributed by atoms with Crippen molar-refractivity contribution < 1.29 is 13.6 Å². The lowest BCUT2D eigenvalue weighted by atomic mass is 9.69. The molecule has 120 valence electrons. The van der Waals surface area contributed by atoms with Crippen molar-refractivity contribution in [2.24, 2.45) is 0 Å². The zero-order valence-corrected chi connectivity index (χ0v) is 12.9. The second-order valence-corrected chi connectivity index (χ2v) is 6.67. The molecule has 0 atom stereocenters. The first-order valence-corrected chi connectivity index (χ1v) is 7.55. The van der Waals surface area contributed by atoms with Crippen LogP contribution in [0.1, 0.15) is 31.2 Å². The number of amides is 2. The summed E-state index contributed by atoms with van der Waals surface area (Å²) in [5.74, 6) is -1.10. The minimum Gasteiger partial charge on any atom is -0.336 e. The van der Waals surface area contributed by atoms with Crippen molar-refractivity contribution in [3.8, 4) is 0 Å². The molecule has 1 aromatic carbocycles. The van der Waals surface area contributed by atoms with Crippen LogP contribution in [0.15, 0.2) is 18.2 Å². The molecule has 22 heavy (non-hydrogen) atoms. The van der Waals surface area contributed by atoms with Crippen LogP contribution in [0.5, 0.6) is 0 Å². The van der Waals surface area contributed by atoms with Gasteiger partial charge in [-0.2, -0.15) is 0 Å². The molecule has 0 radical (unpaired) electrons. The predicted molar refractivity (Wildman–Crippen MR) is 79.5 cm³/mol. The maximum Gasteiger partial charge on any atom is 0.315 e. The van der Waals surface area contributed by atoms with Gasteiger partial charge >= 0.3 is 6.03 Å². The van der Waals surface area contributed by atoms with Gasteiger partial charge in [-0.1, -0.05) is 0 Å². The summed E-state index contributed by atoms with van der Waals surface area (Å²) < 4.78 is 27.3. The third-order valence-corrected chi connectivity index (χ3v) is 5.26. The van der Waals surface area contributed by atoms with Gasteiger partial charge in [-0.05, 0) is 57.5 Å². The number of hydrogen-bond donors (Lipinski definition) is 2. The summed E-state index contributed by atoms with van der Waals surface area (Å²) >= 11 is 0. The normalized spacial score (nSPS) is 31.4. The Bertz CT molecular complexity index is 575. The number of rotatable bonds is 2. The number of carbonyl (C=O) groups is 1. The molecule has 3 rings (SSSR count). The van der Waals surface area contributed by atoms with Crippen molar-refractivity contribution in [1.82, 2.24) is 15.5 Å². The van der Waals surface area contributed by atoms with Crippen LogP contribution in [-0.2, 0) is 5.54 Å². The second-order valence-electron chi connectivity index (χ2n) is 6.67. The molecule has 1 heterocycles. The molecule has 2 amide bonds. The fourth-order valence-corrected chi connectivity index (χ4v) is 3.84. The fraction of sp³-hybridized carbons (Fsp3) is 0.562. The summed E-state index contributed by atoms with van der Waals surface area (Å²) in [6.07, 6.45) is 3.04. The standard InChI is InChI=1S/C16H21F2N3O/c1-21(2)16(11-7-12(17)9-13(18)8-11)5-3-15(4-6-16)10-19-14(22)20-15/h7-9H,3-6,10H2,1-2H3,(H2,19,20,22). The van der Waals surface area contributed by atoms with Crippen LogP contribution in [0, 0.1) is 11.6 Å². The minimum atomic E-state index is -0.549. The summed E-state index contributed by atoms with van der Waals surface area (Å²) in [6, 6.07) is 3.62. The molecule has 1 spiro atoms. The SMILES string of the molecule is CN(C)C1(c2cc(F)cc(F)c2)CCC2(CC1)CNC(=O)N2. The third kappa shape index (κ3) is 2.45. The van der Waals surface area contributed by atoms with Crippen molar-refractivity contribution in [2.75, 3.05) is 20.6 Å². The van der Waals surface area contributed by atoms with E-state index in [1.54, 1.807) is 0 Å². The van der Waals surface area contributed by atoms with Crippen molar-refractivity contribution in [3.63, 3.8) is 0 Å². The van der Waals surface area contributed by atoms with Crippen molar-refractivity contribution in [1.29, 1.82) is 0 Å². The van der Waals surface area contributed by atoms with Crippen LogP contribution in [0.4, 0.5) is 13.6 Å². The van der Waals surface area contributed by atoms with Gasteiger partial charge in [0.05, 0.1) is 5.54 Å². The van der Waals surface area contributed by atoms with Gasteiger partial charge in [0.1, 0.15) is 11.6 Å². The molecule has 1 aliphatic heterocycles. The molecule has 2 N–H and O–H groups in total. The van der Waals surface area contributed by atoms with Crippen LogP contribution < -0.4 is 10.6 Å². The molecule has 1 saturated carbocycles. The van der Waals surface area contributed by atoms with E-state index in [9.17, 15) is 13.6 Å². The van der Waals surface area contributed by atoms with E-state index in [1.165, 1.54) is 12.1 Å². The molecular weight excluding hydrogens is 288 g/mol. The first-order valence-electron chi connectivity index (χ1n) is 7.55. The Morgan fingerprint density at radius 1 is 1.05 bits per heavy atom. The summed E-state index contributed by atoms with van der Waals surface area (Å²) in [5.41, 5.74) is 0.0476. The van der Waals surface area contributed by atoms with Gasteiger partial charge < -0.3 is 10.6 Å². The second kappa shape index (κ2) is 5.19. The molecule has 1 saturated heterocycles. The van der Waals surface area contributed by atoms with Gasteiger partial charge in [0.25, 0.3) is 0 Å². The molecule has 2 aliphatic rings. The van der Waals surface area contributed by atoms with Crippen molar-refractivity contribution in [2.45, 2.75) is 36.8 Å². The number of urea groups is 1. The fourth-order valence-electron chi connectivity index (χ4n) is 3.84. The zero-order chi connectivity index (χ0) is 16.0. The van der Waals surface area contributed by atoms with Crippen LogP contribution in [0.2, 0.25) is 0 Å². The summed E-state index contributed by atoms with van der Waals surface area (Å²) in [7, 11) is 3.87. The first kappa shape index (κ1) is 15.2. The van der Waals surface area contributed by atoms with Gasteiger partial charge in [-0.3, -0.25) is 4.90 Å².